The molecule has 0 unspecified atom stereocenters. The van der Waals surface area contributed by atoms with Crippen LogP contribution in [0.5, 0.6) is 0 Å². The first-order chi connectivity index (χ1) is 7.22. The fraction of sp³-hybridized carbons (Fsp3) is 0.154. The molecule has 2 heteroatoms. The van der Waals surface area contributed by atoms with Crippen LogP contribution in [0.2, 0.25) is 0 Å². The molecule has 1 amide bonds. The molecule has 0 saturated heterocycles. The van der Waals surface area contributed by atoms with Gasteiger partial charge in [-0.25, -0.2) is 0 Å². The van der Waals surface area contributed by atoms with Crippen molar-refractivity contribution in [3.8, 4) is 0 Å². The second kappa shape index (κ2) is 5.81. The van der Waals surface area contributed by atoms with E-state index >= 15 is 0 Å². The summed E-state index contributed by atoms with van der Waals surface area (Å²) in [4.78, 5) is 10.6. The van der Waals surface area contributed by atoms with Gasteiger partial charge in [0.25, 0.3) is 0 Å². The average molecular weight is 201 g/mol. The van der Waals surface area contributed by atoms with Crippen LogP contribution in [0.3, 0.4) is 0 Å². The Morgan fingerprint density at radius 2 is 1.93 bits per heavy atom. The number of rotatable bonds is 4. The Kier molecular flexibility index (Phi) is 4.35. The Morgan fingerprint density at radius 1 is 1.33 bits per heavy atom. The monoisotopic (exact) mass is 201 g/mol. The second-order valence-electron chi connectivity index (χ2n) is 3.21. The summed E-state index contributed by atoms with van der Waals surface area (Å²) >= 11 is 0. The van der Waals surface area contributed by atoms with Gasteiger partial charge < -0.3 is 5.32 Å². The maximum Gasteiger partial charge on any atom is 0.217 e. The van der Waals surface area contributed by atoms with Gasteiger partial charge in [0.05, 0.1) is 0 Å². The first kappa shape index (κ1) is 11.2. The summed E-state index contributed by atoms with van der Waals surface area (Å²) in [6.45, 7) is 5.76. The van der Waals surface area contributed by atoms with Crippen molar-refractivity contribution >= 4 is 18.1 Å². The van der Waals surface area contributed by atoms with E-state index in [1.807, 2.05) is 42.5 Å². The Labute approximate surface area is 90.3 Å². The molecule has 0 fully saturated rings. The smallest absolute Gasteiger partial charge is 0.217 e. The van der Waals surface area contributed by atoms with Crippen molar-refractivity contribution in [2.75, 3.05) is 6.54 Å². The summed E-state index contributed by atoms with van der Waals surface area (Å²) < 4.78 is 0. The minimum atomic E-state index is -0.0124. The van der Waals surface area contributed by atoms with Gasteiger partial charge in [-0.05, 0) is 11.1 Å². The molecule has 0 aliphatic heterocycles. The molecular formula is C13H15NO. The normalized spacial score (nSPS) is 10.2. The molecule has 2 nitrogen and oxygen atoms in total. The highest BCUT2D eigenvalue weighted by molar-refractivity contribution is 5.73. The van der Waals surface area contributed by atoms with Gasteiger partial charge in [-0.2, -0.15) is 0 Å². The van der Waals surface area contributed by atoms with Crippen molar-refractivity contribution in [1.82, 2.24) is 5.32 Å². The summed E-state index contributed by atoms with van der Waals surface area (Å²) in [6, 6.07) is 8.04. The summed E-state index contributed by atoms with van der Waals surface area (Å²) in [7, 11) is 0. The Balaban J connectivity index is 2.49. The van der Waals surface area contributed by atoms with Gasteiger partial charge >= 0.3 is 0 Å². The van der Waals surface area contributed by atoms with Crippen LogP contribution in [-0.2, 0) is 4.79 Å². The fourth-order valence-corrected chi connectivity index (χ4v) is 1.14. The van der Waals surface area contributed by atoms with Gasteiger partial charge in [0.2, 0.25) is 5.91 Å². The molecule has 0 aromatic heterocycles. The molecular weight excluding hydrogens is 186 g/mol. The third-order valence-corrected chi connectivity index (χ3v) is 1.95. The van der Waals surface area contributed by atoms with E-state index < -0.39 is 0 Å². The van der Waals surface area contributed by atoms with E-state index in [9.17, 15) is 4.79 Å². The zero-order valence-corrected chi connectivity index (χ0v) is 8.86. The molecule has 1 aromatic rings. The largest absolute Gasteiger partial charge is 0.353 e. The second-order valence-corrected chi connectivity index (χ2v) is 3.21. The van der Waals surface area contributed by atoms with E-state index in [2.05, 4.69) is 11.9 Å². The zero-order chi connectivity index (χ0) is 11.1. The number of carbonyl (C=O) groups excluding carboxylic acids is 1. The molecule has 1 rings (SSSR count). The number of carbonyl (C=O) groups is 1. The third-order valence-electron chi connectivity index (χ3n) is 1.95. The number of nitrogens with one attached hydrogen (secondary N) is 1. The number of hydrogen-bond acceptors (Lipinski definition) is 1. The van der Waals surface area contributed by atoms with E-state index in [0.717, 1.165) is 11.1 Å². The van der Waals surface area contributed by atoms with Crippen LogP contribution in [0, 0.1) is 0 Å². The highest BCUT2D eigenvalue weighted by atomic mass is 16.1. The standard InChI is InChI=1S/C13H15NO/c1-3-12-6-8-13(9-7-12)5-4-10-14-11(2)15/h3-9H,1,10H2,2H3,(H,14,15). The van der Waals surface area contributed by atoms with Crippen LogP contribution >= 0.6 is 0 Å². The van der Waals surface area contributed by atoms with Crippen molar-refractivity contribution in [2.45, 2.75) is 6.92 Å². The lowest BCUT2D eigenvalue weighted by molar-refractivity contribution is -0.118. The van der Waals surface area contributed by atoms with Gasteiger partial charge in [0.15, 0.2) is 0 Å². The Morgan fingerprint density at radius 3 is 2.47 bits per heavy atom. The van der Waals surface area contributed by atoms with Crippen molar-refractivity contribution in [3.05, 3.63) is 48.0 Å². The van der Waals surface area contributed by atoms with Crippen molar-refractivity contribution in [3.63, 3.8) is 0 Å². The average Bonchev–Trinajstić information content (AvgIpc) is 2.25. The Bertz CT molecular complexity index is 363. The van der Waals surface area contributed by atoms with Crippen LogP contribution in [-0.4, -0.2) is 12.5 Å². The summed E-state index contributed by atoms with van der Waals surface area (Å²) in [6.07, 6.45) is 5.71. The molecule has 0 radical (unpaired) electrons. The van der Waals surface area contributed by atoms with Gasteiger partial charge in [0, 0.05) is 13.5 Å². The zero-order valence-electron chi connectivity index (χ0n) is 8.86. The molecule has 0 saturated carbocycles. The third kappa shape index (κ3) is 4.27. The molecule has 1 aromatic carbocycles. The van der Waals surface area contributed by atoms with E-state index in [-0.39, 0.29) is 5.91 Å². The lowest BCUT2D eigenvalue weighted by Crippen LogP contribution is -2.19. The van der Waals surface area contributed by atoms with Crippen LogP contribution in [0.4, 0.5) is 0 Å². The summed E-state index contributed by atoms with van der Waals surface area (Å²) in [5, 5.41) is 2.70. The van der Waals surface area contributed by atoms with Crippen molar-refractivity contribution in [2.24, 2.45) is 0 Å². The number of benzene rings is 1. The molecule has 0 heterocycles. The SMILES string of the molecule is C=Cc1ccc(C=CCNC(C)=O)cc1. The van der Waals surface area contributed by atoms with Gasteiger partial charge in [-0.3, -0.25) is 4.79 Å². The van der Waals surface area contributed by atoms with E-state index in [1.165, 1.54) is 6.92 Å². The van der Waals surface area contributed by atoms with Crippen LogP contribution < -0.4 is 5.32 Å². The molecule has 0 bridgehead atoms. The predicted octanol–water partition coefficient (Wildman–Crippen LogP) is 2.48. The number of hydrogen-bond donors (Lipinski definition) is 1. The highest BCUT2D eigenvalue weighted by Crippen LogP contribution is 2.06. The minimum absolute atomic E-state index is 0.0124. The number of amides is 1. The lowest BCUT2D eigenvalue weighted by Gasteiger charge is -1.96. The summed E-state index contributed by atoms with van der Waals surface area (Å²) in [5.41, 5.74) is 2.22. The molecule has 0 aliphatic carbocycles. The highest BCUT2D eigenvalue weighted by Gasteiger charge is 1.88. The molecule has 1 N–H and O–H groups in total. The first-order valence-corrected chi connectivity index (χ1v) is 4.86. The van der Waals surface area contributed by atoms with Crippen molar-refractivity contribution < 1.29 is 4.79 Å². The van der Waals surface area contributed by atoms with Crippen LogP contribution in [0.1, 0.15) is 18.1 Å². The van der Waals surface area contributed by atoms with Crippen LogP contribution in [0.15, 0.2) is 36.9 Å². The van der Waals surface area contributed by atoms with E-state index in [1.54, 1.807) is 0 Å². The predicted molar refractivity (Wildman–Crippen MR) is 64.3 cm³/mol. The van der Waals surface area contributed by atoms with E-state index in [4.69, 9.17) is 0 Å². The maximum atomic E-state index is 10.6. The van der Waals surface area contributed by atoms with E-state index in [0.29, 0.717) is 6.54 Å². The Hall–Kier alpha value is -1.83. The lowest BCUT2D eigenvalue weighted by atomic mass is 10.1. The van der Waals surface area contributed by atoms with Gasteiger partial charge in [-0.15, -0.1) is 0 Å². The molecule has 0 spiro atoms. The molecule has 78 valence electrons. The topological polar surface area (TPSA) is 29.1 Å². The van der Waals surface area contributed by atoms with Gasteiger partial charge in [-0.1, -0.05) is 49.1 Å². The molecule has 15 heavy (non-hydrogen) atoms. The fourth-order valence-electron chi connectivity index (χ4n) is 1.14. The quantitative estimate of drug-likeness (QED) is 0.796. The van der Waals surface area contributed by atoms with Gasteiger partial charge in [0.1, 0.15) is 0 Å². The maximum absolute atomic E-state index is 10.6. The molecule has 0 atom stereocenters. The van der Waals surface area contributed by atoms with Crippen LogP contribution in [0.25, 0.3) is 12.2 Å². The van der Waals surface area contributed by atoms with Crippen molar-refractivity contribution in [1.29, 1.82) is 0 Å². The first-order valence-electron chi connectivity index (χ1n) is 4.86. The minimum Gasteiger partial charge on any atom is -0.353 e. The molecule has 0 aliphatic rings. The summed E-state index contributed by atoms with van der Waals surface area (Å²) in [5.74, 6) is -0.0124.